The number of rotatable bonds is 3. The van der Waals surface area contributed by atoms with E-state index in [0.717, 1.165) is 5.92 Å². The molecule has 92 valence electrons. The van der Waals surface area contributed by atoms with E-state index in [1.54, 1.807) is 0 Å². The van der Waals surface area contributed by atoms with Gasteiger partial charge in [0.1, 0.15) is 0 Å². The summed E-state index contributed by atoms with van der Waals surface area (Å²) >= 11 is 0. The van der Waals surface area contributed by atoms with Gasteiger partial charge in [0.05, 0.1) is 0 Å². The van der Waals surface area contributed by atoms with Crippen LogP contribution in [0.2, 0.25) is 0 Å². The summed E-state index contributed by atoms with van der Waals surface area (Å²) in [5, 5.41) is 3.53. The smallest absolute Gasteiger partial charge is 0.0496 e. The van der Waals surface area contributed by atoms with Crippen LogP contribution >= 0.6 is 0 Å². The van der Waals surface area contributed by atoms with Crippen LogP contribution in [-0.4, -0.2) is 24.8 Å². The Morgan fingerprint density at radius 2 is 1.81 bits per heavy atom. The average molecular weight is 222 g/mol. The van der Waals surface area contributed by atoms with Gasteiger partial charge in [-0.25, -0.2) is 0 Å². The van der Waals surface area contributed by atoms with Gasteiger partial charge in [-0.3, -0.25) is 4.99 Å². The standard InChI is InChI=1S/C14H26N2/c1-12(13-7-3-2-4-8-13)16-11-14-9-5-6-10-15-14/h11-15H,2-10H2,1H3. The lowest BCUT2D eigenvalue weighted by Crippen LogP contribution is -2.35. The Morgan fingerprint density at radius 3 is 2.50 bits per heavy atom. The summed E-state index contributed by atoms with van der Waals surface area (Å²) in [6, 6.07) is 1.10. The van der Waals surface area contributed by atoms with Crippen molar-refractivity contribution in [1.82, 2.24) is 5.32 Å². The molecule has 1 saturated heterocycles. The highest BCUT2D eigenvalue weighted by molar-refractivity contribution is 5.64. The topological polar surface area (TPSA) is 24.4 Å². The van der Waals surface area contributed by atoms with E-state index < -0.39 is 0 Å². The van der Waals surface area contributed by atoms with Gasteiger partial charge >= 0.3 is 0 Å². The zero-order valence-corrected chi connectivity index (χ0v) is 10.6. The van der Waals surface area contributed by atoms with Crippen LogP contribution in [0.15, 0.2) is 4.99 Å². The van der Waals surface area contributed by atoms with Crippen molar-refractivity contribution in [2.24, 2.45) is 10.9 Å². The molecule has 1 N–H and O–H groups in total. The third kappa shape index (κ3) is 3.58. The summed E-state index contributed by atoms with van der Waals surface area (Å²) in [5.41, 5.74) is 0. The second kappa shape index (κ2) is 6.39. The van der Waals surface area contributed by atoms with Crippen molar-refractivity contribution >= 4 is 6.21 Å². The number of nitrogens with one attached hydrogen (secondary N) is 1. The molecule has 2 heteroatoms. The zero-order valence-electron chi connectivity index (χ0n) is 10.6. The number of hydrogen-bond acceptors (Lipinski definition) is 2. The number of nitrogens with zero attached hydrogens (tertiary/aromatic N) is 1. The Morgan fingerprint density at radius 1 is 1.06 bits per heavy atom. The molecular weight excluding hydrogens is 196 g/mol. The Balaban J connectivity index is 1.75. The predicted molar refractivity (Wildman–Crippen MR) is 70.2 cm³/mol. The van der Waals surface area contributed by atoms with Crippen LogP contribution in [-0.2, 0) is 0 Å². The molecular formula is C14H26N2. The van der Waals surface area contributed by atoms with Crippen molar-refractivity contribution in [2.75, 3.05) is 6.54 Å². The van der Waals surface area contributed by atoms with E-state index in [1.165, 1.54) is 57.9 Å². The fourth-order valence-electron chi connectivity index (χ4n) is 2.98. The molecule has 2 unspecified atom stereocenters. The van der Waals surface area contributed by atoms with Crippen LogP contribution in [0.5, 0.6) is 0 Å². The molecule has 2 rings (SSSR count). The molecule has 0 aromatic carbocycles. The van der Waals surface area contributed by atoms with Crippen molar-refractivity contribution in [3.8, 4) is 0 Å². The fraction of sp³-hybridized carbons (Fsp3) is 0.929. The van der Waals surface area contributed by atoms with E-state index in [2.05, 4.69) is 18.5 Å². The van der Waals surface area contributed by atoms with Crippen LogP contribution in [0.25, 0.3) is 0 Å². The minimum atomic E-state index is 0.545. The van der Waals surface area contributed by atoms with E-state index in [4.69, 9.17) is 4.99 Å². The first kappa shape index (κ1) is 12.1. The Kier molecular flexibility index (Phi) is 4.83. The molecule has 0 radical (unpaired) electrons. The lowest BCUT2D eigenvalue weighted by atomic mass is 9.85. The van der Waals surface area contributed by atoms with Gasteiger partial charge in [0, 0.05) is 18.3 Å². The summed E-state index contributed by atoms with van der Waals surface area (Å²) in [4.78, 5) is 4.78. The van der Waals surface area contributed by atoms with Crippen molar-refractivity contribution in [1.29, 1.82) is 0 Å². The molecule has 2 aliphatic rings. The van der Waals surface area contributed by atoms with Gasteiger partial charge in [-0.2, -0.15) is 0 Å². The normalized spacial score (nSPS) is 30.7. The maximum atomic E-state index is 4.78. The second-order valence-electron chi connectivity index (χ2n) is 5.49. The SMILES string of the molecule is CC(N=CC1CCCCN1)C1CCCCC1. The van der Waals surface area contributed by atoms with Crippen molar-refractivity contribution in [3.63, 3.8) is 0 Å². The molecule has 0 aromatic rings. The predicted octanol–water partition coefficient (Wildman–Crippen LogP) is 3.17. The van der Waals surface area contributed by atoms with Crippen LogP contribution in [0.1, 0.15) is 58.3 Å². The number of aliphatic imine (C=N–C) groups is 1. The summed E-state index contributed by atoms with van der Waals surface area (Å²) < 4.78 is 0. The van der Waals surface area contributed by atoms with Gasteiger partial charge in [-0.15, -0.1) is 0 Å². The van der Waals surface area contributed by atoms with E-state index in [1.807, 2.05) is 0 Å². The van der Waals surface area contributed by atoms with E-state index in [-0.39, 0.29) is 0 Å². The molecule has 1 aliphatic carbocycles. The van der Waals surface area contributed by atoms with Crippen LogP contribution in [0.3, 0.4) is 0 Å². The second-order valence-corrected chi connectivity index (χ2v) is 5.49. The Bertz CT molecular complexity index is 213. The molecule has 2 nitrogen and oxygen atoms in total. The third-order valence-electron chi connectivity index (χ3n) is 4.18. The summed E-state index contributed by atoms with van der Waals surface area (Å²) in [6.45, 7) is 3.48. The van der Waals surface area contributed by atoms with E-state index in [0.29, 0.717) is 12.1 Å². The zero-order chi connectivity index (χ0) is 11.2. The highest BCUT2D eigenvalue weighted by Gasteiger charge is 2.19. The molecule has 1 heterocycles. The molecule has 1 saturated carbocycles. The third-order valence-corrected chi connectivity index (χ3v) is 4.18. The fourth-order valence-corrected chi connectivity index (χ4v) is 2.98. The summed E-state index contributed by atoms with van der Waals surface area (Å²) in [7, 11) is 0. The molecule has 0 bridgehead atoms. The van der Waals surface area contributed by atoms with Gasteiger partial charge in [0.15, 0.2) is 0 Å². The van der Waals surface area contributed by atoms with Crippen LogP contribution in [0.4, 0.5) is 0 Å². The minimum absolute atomic E-state index is 0.545. The molecule has 0 amide bonds. The molecule has 16 heavy (non-hydrogen) atoms. The largest absolute Gasteiger partial charge is 0.309 e. The van der Waals surface area contributed by atoms with E-state index >= 15 is 0 Å². The van der Waals surface area contributed by atoms with Crippen molar-refractivity contribution in [3.05, 3.63) is 0 Å². The highest BCUT2D eigenvalue weighted by Crippen LogP contribution is 2.27. The lowest BCUT2D eigenvalue weighted by molar-refractivity contribution is 0.317. The Labute approximate surface area is 99.9 Å². The first-order chi connectivity index (χ1) is 7.86. The van der Waals surface area contributed by atoms with Crippen LogP contribution in [0, 0.1) is 5.92 Å². The number of piperidine rings is 1. The lowest BCUT2D eigenvalue weighted by Gasteiger charge is -2.26. The van der Waals surface area contributed by atoms with Gasteiger partial charge in [0.25, 0.3) is 0 Å². The van der Waals surface area contributed by atoms with Crippen molar-refractivity contribution < 1.29 is 0 Å². The van der Waals surface area contributed by atoms with Crippen LogP contribution < -0.4 is 5.32 Å². The Hall–Kier alpha value is -0.370. The van der Waals surface area contributed by atoms with Crippen molar-refractivity contribution in [2.45, 2.75) is 70.4 Å². The first-order valence-electron chi connectivity index (χ1n) is 7.13. The molecule has 0 aromatic heterocycles. The van der Waals surface area contributed by atoms with Gasteiger partial charge in [-0.1, -0.05) is 25.7 Å². The monoisotopic (exact) mass is 222 g/mol. The van der Waals surface area contributed by atoms with E-state index in [9.17, 15) is 0 Å². The highest BCUT2D eigenvalue weighted by atomic mass is 14.9. The summed E-state index contributed by atoms with van der Waals surface area (Å²) in [5.74, 6) is 0.855. The molecule has 2 atom stereocenters. The van der Waals surface area contributed by atoms with Gasteiger partial charge in [-0.05, 0) is 45.1 Å². The maximum absolute atomic E-state index is 4.78. The molecule has 1 aliphatic heterocycles. The molecule has 2 fully saturated rings. The van der Waals surface area contributed by atoms with Gasteiger partial charge in [0.2, 0.25) is 0 Å². The van der Waals surface area contributed by atoms with Gasteiger partial charge < -0.3 is 5.32 Å². The number of hydrogen-bond donors (Lipinski definition) is 1. The summed E-state index contributed by atoms with van der Waals surface area (Å²) in [6.07, 6.45) is 13.3. The minimum Gasteiger partial charge on any atom is -0.309 e. The molecule has 0 spiro atoms. The quantitative estimate of drug-likeness (QED) is 0.729. The first-order valence-corrected chi connectivity index (χ1v) is 7.13. The maximum Gasteiger partial charge on any atom is 0.0496 e. The average Bonchev–Trinajstić information content (AvgIpc) is 2.38.